The second kappa shape index (κ2) is 9.85. The molecular formula is C22H25ClFN3O2. The summed E-state index contributed by atoms with van der Waals surface area (Å²) in [5.41, 5.74) is 7.25. The molecule has 1 fully saturated rings. The summed E-state index contributed by atoms with van der Waals surface area (Å²) in [7, 11) is 0. The topological polar surface area (TPSA) is 75.4 Å². The number of hydrogen-bond acceptors (Lipinski definition) is 3. The van der Waals surface area contributed by atoms with Gasteiger partial charge in [0.2, 0.25) is 5.91 Å². The molecule has 7 heteroatoms. The Morgan fingerprint density at radius 3 is 2.66 bits per heavy atom. The van der Waals surface area contributed by atoms with Crippen molar-refractivity contribution in [3.8, 4) is 0 Å². The van der Waals surface area contributed by atoms with Gasteiger partial charge in [-0.15, -0.1) is 0 Å². The average molecular weight is 418 g/mol. The highest BCUT2D eigenvalue weighted by Crippen LogP contribution is 2.29. The zero-order valence-electron chi connectivity index (χ0n) is 16.2. The smallest absolute Gasteiger partial charge is 0.254 e. The molecule has 1 saturated carbocycles. The van der Waals surface area contributed by atoms with Crippen LogP contribution in [-0.4, -0.2) is 29.8 Å². The van der Waals surface area contributed by atoms with E-state index < -0.39 is 5.82 Å². The molecule has 1 aliphatic rings. The number of nitrogens with zero attached hydrogens (tertiary/aromatic N) is 1. The summed E-state index contributed by atoms with van der Waals surface area (Å²) in [6.07, 6.45) is 3.53. The van der Waals surface area contributed by atoms with Gasteiger partial charge in [-0.3, -0.25) is 9.59 Å². The van der Waals surface area contributed by atoms with E-state index in [2.05, 4.69) is 5.32 Å². The Hall–Kier alpha value is -2.44. The molecule has 5 nitrogen and oxygen atoms in total. The van der Waals surface area contributed by atoms with Crippen molar-refractivity contribution < 1.29 is 14.0 Å². The predicted molar refractivity (Wildman–Crippen MR) is 112 cm³/mol. The number of anilines is 1. The number of amides is 2. The number of carbonyl (C=O) groups is 2. The first-order chi connectivity index (χ1) is 14.0. The van der Waals surface area contributed by atoms with Gasteiger partial charge >= 0.3 is 0 Å². The third kappa shape index (κ3) is 5.55. The molecule has 0 unspecified atom stereocenters. The fraction of sp³-hybridized carbons (Fsp3) is 0.364. The van der Waals surface area contributed by atoms with Crippen LogP contribution in [0.5, 0.6) is 0 Å². The normalized spacial score (nSPS) is 13.6. The minimum absolute atomic E-state index is 0.0142. The van der Waals surface area contributed by atoms with Crippen LogP contribution >= 0.6 is 11.6 Å². The lowest BCUT2D eigenvalue weighted by molar-refractivity contribution is -0.122. The number of nitrogens with one attached hydrogen (secondary N) is 1. The Morgan fingerprint density at radius 1 is 1.21 bits per heavy atom. The fourth-order valence-corrected chi connectivity index (χ4v) is 3.41. The third-order valence-corrected chi connectivity index (χ3v) is 5.51. The molecule has 3 rings (SSSR count). The maximum Gasteiger partial charge on any atom is 0.254 e. The van der Waals surface area contributed by atoms with E-state index in [4.69, 9.17) is 17.3 Å². The van der Waals surface area contributed by atoms with Gasteiger partial charge in [-0.05, 0) is 67.8 Å². The third-order valence-electron chi connectivity index (χ3n) is 5.14. The van der Waals surface area contributed by atoms with E-state index >= 15 is 0 Å². The second-order valence-corrected chi connectivity index (χ2v) is 7.71. The van der Waals surface area contributed by atoms with Gasteiger partial charge in [0.1, 0.15) is 5.82 Å². The molecule has 0 saturated heterocycles. The van der Waals surface area contributed by atoms with E-state index in [9.17, 15) is 14.0 Å². The lowest BCUT2D eigenvalue weighted by Gasteiger charge is -2.25. The summed E-state index contributed by atoms with van der Waals surface area (Å²) in [5.74, 6) is -0.670. The van der Waals surface area contributed by atoms with Crippen molar-refractivity contribution in [2.24, 2.45) is 11.7 Å². The van der Waals surface area contributed by atoms with Crippen molar-refractivity contribution >= 4 is 29.1 Å². The number of nitrogens with two attached hydrogens (primary N) is 1. The minimum atomic E-state index is -0.464. The molecule has 0 heterocycles. The van der Waals surface area contributed by atoms with Gasteiger partial charge in [0.25, 0.3) is 5.91 Å². The molecule has 2 amide bonds. The van der Waals surface area contributed by atoms with Crippen molar-refractivity contribution in [1.29, 1.82) is 0 Å². The number of hydrogen-bond donors (Lipinski definition) is 2. The van der Waals surface area contributed by atoms with Gasteiger partial charge in [0, 0.05) is 35.3 Å². The van der Waals surface area contributed by atoms with E-state index in [-0.39, 0.29) is 29.8 Å². The first-order valence-corrected chi connectivity index (χ1v) is 10.2. The maximum absolute atomic E-state index is 13.6. The molecule has 29 heavy (non-hydrogen) atoms. The van der Waals surface area contributed by atoms with E-state index in [0.29, 0.717) is 35.8 Å². The summed E-state index contributed by atoms with van der Waals surface area (Å²) in [4.78, 5) is 26.7. The average Bonchev–Trinajstić information content (AvgIpc) is 2.65. The molecule has 0 aliphatic heterocycles. The molecule has 0 spiro atoms. The summed E-state index contributed by atoms with van der Waals surface area (Å²) in [5, 5.41) is 3.42. The van der Waals surface area contributed by atoms with Crippen LogP contribution < -0.4 is 11.1 Å². The Kier molecular flexibility index (Phi) is 7.23. The molecule has 0 aromatic heterocycles. The van der Waals surface area contributed by atoms with Crippen LogP contribution in [0.15, 0.2) is 42.5 Å². The molecule has 0 radical (unpaired) electrons. The van der Waals surface area contributed by atoms with Crippen LogP contribution in [0, 0.1) is 11.7 Å². The zero-order chi connectivity index (χ0) is 20.8. The monoisotopic (exact) mass is 417 g/mol. The van der Waals surface area contributed by atoms with Crippen LogP contribution in [0.1, 0.15) is 41.6 Å². The quantitative estimate of drug-likeness (QED) is 0.675. The predicted octanol–water partition coefficient (Wildman–Crippen LogP) is 4.21. The van der Waals surface area contributed by atoms with Crippen molar-refractivity contribution in [2.75, 3.05) is 18.4 Å². The second-order valence-electron chi connectivity index (χ2n) is 7.30. The highest BCUT2D eigenvalue weighted by molar-refractivity contribution is 6.31. The van der Waals surface area contributed by atoms with Crippen molar-refractivity contribution in [3.05, 3.63) is 64.4 Å². The van der Waals surface area contributed by atoms with Crippen LogP contribution in [0.25, 0.3) is 0 Å². The highest BCUT2D eigenvalue weighted by Gasteiger charge is 2.25. The molecule has 154 valence electrons. The first-order valence-electron chi connectivity index (χ1n) is 9.82. The van der Waals surface area contributed by atoms with Gasteiger partial charge in [-0.2, -0.15) is 0 Å². The van der Waals surface area contributed by atoms with Gasteiger partial charge < -0.3 is 16.0 Å². The summed E-state index contributed by atoms with van der Waals surface area (Å²) >= 11 is 6.35. The Morgan fingerprint density at radius 2 is 2.00 bits per heavy atom. The van der Waals surface area contributed by atoms with E-state index in [0.717, 1.165) is 19.3 Å². The highest BCUT2D eigenvalue weighted by atomic mass is 35.5. The van der Waals surface area contributed by atoms with Crippen molar-refractivity contribution in [2.45, 2.75) is 32.2 Å². The van der Waals surface area contributed by atoms with Gasteiger partial charge in [0.05, 0.1) is 0 Å². The Labute approximate surface area is 175 Å². The van der Waals surface area contributed by atoms with Gasteiger partial charge in [-0.1, -0.05) is 24.1 Å². The Balaban J connectivity index is 1.78. The molecular weight excluding hydrogens is 393 g/mol. The SMILES string of the molecule is NCCCN(Cc1cc(NC(=O)C2CCC2)ccc1Cl)C(=O)c1cccc(F)c1. The number of halogens is 2. The molecule has 2 aromatic carbocycles. The van der Waals surface area contributed by atoms with Gasteiger partial charge in [-0.25, -0.2) is 4.39 Å². The molecule has 3 N–H and O–H groups in total. The van der Waals surface area contributed by atoms with Crippen molar-refractivity contribution in [3.63, 3.8) is 0 Å². The number of carbonyl (C=O) groups excluding carboxylic acids is 2. The molecule has 2 aromatic rings. The largest absolute Gasteiger partial charge is 0.334 e. The van der Waals surface area contributed by atoms with Crippen LogP contribution in [-0.2, 0) is 11.3 Å². The number of benzene rings is 2. The van der Waals surface area contributed by atoms with E-state index in [1.807, 2.05) is 0 Å². The van der Waals surface area contributed by atoms with E-state index in [1.165, 1.54) is 18.2 Å². The Bertz CT molecular complexity index is 886. The molecule has 1 aliphatic carbocycles. The standard InChI is InChI=1S/C22H25ClFN3O2/c23-20-9-8-19(26-21(28)15-4-1-5-15)13-17(20)14-27(11-3-10-25)22(29)16-6-2-7-18(24)12-16/h2,6-9,12-13,15H,1,3-5,10-11,14,25H2,(H,26,28). The zero-order valence-corrected chi connectivity index (χ0v) is 16.9. The summed E-state index contributed by atoms with van der Waals surface area (Å²) in [6.45, 7) is 1.08. The first kappa shape index (κ1) is 21.3. The molecule has 0 atom stereocenters. The fourth-order valence-electron chi connectivity index (χ4n) is 3.23. The van der Waals surface area contributed by atoms with Crippen LogP contribution in [0.4, 0.5) is 10.1 Å². The summed E-state index contributed by atoms with van der Waals surface area (Å²) < 4.78 is 13.6. The lowest BCUT2D eigenvalue weighted by atomic mass is 9.85. The number of rotatable bonds is 8. The van der Waals surface area contributed by atoms with Crippen molar-refractivity contribution in [1.82, 2.24) is 4.90 Å². The van der Waals surface area contributed by atoms with Crippen LogP contribution in [0.2, 0.25) is 5.02 Å². The lowest BCUT2D eigenvalue weighted by Crippen LogP contribution is -2.33. The van der Waals surface area contributed by atoms with Gasteiger partial charge in [0.15, 0.2) is 0 Å². The van der Waals surface area contributed by atoms with Crippen LogP contribution in [0.3, 0.4) is 0 Å². The summed E-state index contributed by atoms with van der Waals surface area (Å²) in [6, 6.07) is 10.8. The maximum atomic E-state index is 13.6. The minimum Gasteiger partial charge on any atom is -0.334 e. The molecule has 0 bridgehead atoms. The van der Waals surface area contributed by atoms with E-state index in [1.54, 1.807) is 29.2 Å².